The molecule has 1 aromatic carbocycles. The number of likely N-dealkylation sites (tertiary alicyclic amines) is 1. The molecule has 232 valence electrons. The summed E-state index contributed by atoms with van der Waals surface area (Å²) in [5, 5.41) is 17.3. The van der Waals surface area contributed by atoms with E-state index in [-0.39, 0.29) is 30.1 Å². The zero-order valence-corrected chi connectivity index (χ0v) is 25.4. The molecule has 7 rings (SSSR count). The van der Waals surface area contributed by atoms with E-state index in [4.69, 9.17) is 4.74 Å². The summed E-state index contributed by atoms with van der Waals surface area (Å²) in [6.07, 6.45) is 15.7. The van der Waals surface area contributed by atoms with Crippen molar-refractivity contribution in [3.05, 3.63) is 83.1 Å². The molecule has 1 spiro atoms. The molecule has 2 aliphatic heterocycles. The van der Waals surface area contributed by atoms with E-state index in [2.05, 4.69) is 41.3 Å². The topological polar surface area (TPSA) is 106 Å². The molecule has 1 saturated carbocycles. The maximum absolute atomic E-state index is 14.2. The first kappa shape index (κ1) is 29.0. The van der Waals surface area contributed by atoms with Crippen molar-refractivity contribution in [2.75, 3.05) is 32.8 Å². The van der Waals surface area contributed by atoms with Gasteiger partial charge in [0.05, 0.1) is 44.1 Å². The molecular formula is C34H42N6O4. The molecular weight excluding hydrogens is 556 g/mol. The number of piperidine rings is 1. The molecule has 4 heterocycles. The molecule has 3 unspecified atom stereocenters. The minimum absolute atomic E-state index is 0.0213. The Hall–Kier alpha value is -3.76. The third kappa shape index (κ3) is 5.07. The number of hydrogen-bond donors (Lipinski definition) is 1. The average molecular weight is 599 g/mol. The van der Waals surface area contributed by atoms with Gasteiger partial charge in [-0.1, -0.05) is 74.4 Å². The molecule has 10 nitrogen and oxygen atoms in total. The van der Waals surface area contributed by atoms with Gasteiger partial charge in [-0.15, -0.1) is 0 Å². The quantitative estimate of drug-likeness (QED) is 0.479. The van der Waals surface area contributed by atoms with Crippen molar-refractivity contribution < 1.29 is 14.6 Å². The lowest BCUT2D eigenvalue weighted by Crippen LogP contribution is -2.65. The second-order valence-corrected chi connectivity index (χ2v) is 13.2. The van der Waals surface area contributed by atoms with E-state index in [1.54, 1.807) is 21.8 Å². The van der Waals surface area contributed by atoms with Crippen LogP contribution in [-0.4, -0.2) is 84.8 Å². The van der Waals surface area contributed by atoms with Crippen LogP contribution in [0.5, 0.6) is 0 Å². The van der Waals surface area contributed by atoms with E-state index >= 15 is 0 Å². The summed E-state index contributed by atoms with van der Waals surface area (Å²) in [5.74, 6) is 0.530. The fraction of sp³-hybridized carbons (Fsp3) is 0.529. The van der Waals surface area contributed by atoms with E-state index in [0.29, 0.717) is 62.8 Å². The lowest BCUT2D eigenvalue weighted by Gasteiger charge is -2.53. The zero-order valence-electron chi connectivity index (χ0n) is 25.4. The van der Waals surface area contributed by atoms with Crippen molar-refractivity contribution in [2.24, 2.45) is 17.3 Å². The lowest BCUT2D eigenvalue weighted by atomic mass is 9.66. The summed E-state index contributed by atoms with van der Waals surface area (Å²) in [6.45, 7) is 5.43. The monoisotopic (exact) mass is 598 g/mol. The maximum atomic E-state index is 14.2. The molecule has 3 fully saturated rings. The smallest absolute Gasteiger partial charge is 0.320 e. The third-order valence-corrected chi connectivity index (χ3v) is 10.7. The second kappa shape index (κ2) is 11.6. The van der Waals surface area contributed by atoms with E-state index < -0.39 is 11.0 Å². The molecule has 1 N–H and O–H groups in total. The molecule has 4 aliphatic rings. The Morgan fingerprint density at radius 1 is 1.09 bits per heavy atom. The lowest BCUT2D eigenvalue weighted by molar-refractivity contribution is -0.138. The first-order chi connectivity index (χ1) is 21.4. The van der Waals surface area contributed by atoms with Gasteiger partial charge < -0.3 is 19.6 Å². The van der Waals surface area contributed by atoms with Crippen LogP contribution in [0.4, 0.5) is 4.79 Å². The minimum atomic E-state index is -1.13. The fourth-order valence-corrected chi connectivity index (χ4v) is 8.10. The van der Waals surface area contributed by atoms with Crippen molar-refractivity contribution in [1.29, 1.82) is 0 Å². The number of rotatable bonds is 5. The molecule has 44 heavy (non-hydrogen) atoms. The SMILES string of the molecule is CC1C=CC=CC1[C@@H]1COCCN1C(=O)N1CCC(O)(Cn2cnc3c(cnn3Cc3ccccc3)c2=O)C2(CCCC2)C1. The highest BCUT2D eigenvalue weighted by Gasteiger charge is 2.56. The fourth-order valence-electron chi connectivity index (χ4n) is 8.10. The zero-order chi connectivity index (χ0) is 30.3. The van der Waals surface area contributed by atoms with Crippen LogP contribution in [0.2, 0.25) is 0 Å². The predicted molar refractivity (Wildman–Crippen MR) is 167 cm³/mol. The van der Waals surface area contributed by atoms with Gasteiger partial charge in [0, 0.05) is 31.0 Å². The number of carbonyl (C=O) groups is 1. The molecule has 2 saturated heterocycles. The van der Waals surface area contributed by atoms with Crippen LogP contribution in [0, 0.1) is 17.3 Å². The van der Waals surface area contributed by atoms with Crippen LogP contribution in [-0.2, 0) is 17.8 Å². The van der Waals surface area contributed by atoms with Crippen LogP contribution < -0.4 is 5.56 Å². The number of allylic oxidation sites excluding steroid dienone is 3. The number of hydrogen-bond acceptors (Lipinski definition) is 6. The molecule has 4 atom stereocenters. The average Bonchev–Trinajstić information content (AvgIpc) is 3.69. The summed E-state index contributed by atoms with van der Waals surface area (Å²) >= 11 is 0. The van der Waals surface area contributed by atoms with Crippen molar-refractivity contribution in [3.63, 3.8) is 0 Å². The van der Waals surface area contributed by atoms with Crippen molar-refractivity contribution >= 4 is 17.1 Å². The van der Waals surface area contributed by atoms with Gasteiger partial charge in [0.15, 0.2) is 5.65 Å². The standard InChI is InChI=1S/C34H42N6O4/c1-25-9-5-6-12-27(25)29-21-44-18-17-39(29)32(42)37-16-15-34(43,33(22-37)13-7-8-14-33)23-38-24-35-30-28(31(38)41)19-36-40(30)20-26-10-3-2-4-11-26/h2-6,9-12,19,24-25,27,29,43H,7-8,13-18,20-23H2,1H3/t25?,27?,29-,34?/m0/s1. The van der Waals surface area contributed by atoms with Gasteiger partial charge in [-0.3, -0.25) is 9.36 Å². The van der Waals surface area contributed by atoms with Crippen LogP contribution >= 0.6 is 0 Å². The molecule has 2 amide bonds. The Bertz CT molecular complexity index is 1620. The summed E-state index contributed by atoms with van der Waals surface area (Å²) in [5.41, 5.74) is -0.192. The summed E-state index contributed by atoms with van der Waals surface area (Å²) < 4.78 is 9.16. The summed E-state index contributed by atoms with van der Waals surface area (Å²) in [7, 11) is 0. The highest BCUT2D eigenvalue weighted by atomic mass is 16.5. The number of urea groups is 1. The number of fused-ring (bicyclic) bond motifs is 1. The molecule has 2 aliphatic carbocycles. The number of aliphatic hydroxyl groups is 1. The van der Waals surface area contributed by atoms with Gasteiger partial charge in [0.25, 0.3) is 5.56 Å². The molecule has 0 radical (unpaired) electrons. The Morgan fingerprint density at radius 2 is 1.89 bits per heavy atom. The van der Waals surface area contributed by atoms with E-state index in [1.807, 2.05) is 40.1 Å². The van der Waals surface area contributed by atoms with Gasteiger partial charge in [0.1, 0.15) is 11.7 Å². The summed E-state index contributed by atoms with van der Waals surface area (Å²) in [4.78, 5) is 36.4. The van der Waals surface area contributed by atoms with E-state index in [9.17, 15) is 14.7 Å². The van der Waals surface area contributed by atoms with Gasteiger partial charge in [-0.05, 0) is 30.7 Å². The van der Waals surface area contributed by atoms with Gasteiger partial charge in [0.2, 0.25) is 0 Å². The number of ether oxygens (including phenoxy) is 1. The van der Waals surface area contributed by atoms with Crippen LogP contribution in [0.25, 0.3) is 11.0 Å². The molecule has 3 aromatic rings. The Balaban J connectivity index is 1.11. The largest absolute Gasteiger partial charge is 0.387 e. The van der Waals surface area contributed by atoms with Crippen molar-refractivity contribution in [2.45, 2.75) is 63.8 Å². The predicted octanol–water partition coefficient (Wildman–Crippen LogP) is 3.84. The van der Waals surface area contributed by atoms with Gasteiger partial charge in [-0.25, -0.2) is 14.5 Å². The molecule has 10 heteroatoms. The highest BCUT2D eigenvalue weighted by Crippen LogP contribution is 2.51. The first-order valence-electron chi connectivity index (χ1n) is 16.0. The minimum Gasteiger partial charge on any atom is -0.387 e. The van der Waals surface area contributed by atoms with Crippen LogP contribution in [0.15, 0.2) is 72.0 Å². The van der Waals surface area contributed by atoms with E-state index in [1.165, 1.54) is 0 Å². The number of aromatic nitrogens is 4. The number of benzene rings is 1. The van der Waals surface area contributed by atoms with Crippen molar-refractivity contribution in [1.82, 2.24) is 29.1 Å². The summed E-state index contributed by atoms with van der Waals surface area (Å²) in [6, 6.07) is 9.98. The van der Waals surface area contributed by atoms with Crippen molar-refractivity contribution in [3.8, 4) is 0 Å². The van der Waals surface area contributed by atoms with Crippen LogP contribution in [0.3, 0.4) is 0 Å². The first-order valence-corrected chi connectivity index (χ1v) is 16.0. The molecule has 2 aromatic heterocycles. The Morgan fingerprint density at radius 3 is 2.68 bits per heavy atom. The number of nitrogens with zero attached hydrogens (tertiary/aromatic N) is 6. The van der Waals surface area contributed by atoms with Crippen LogP contribution in [0.1, 0.15) is 44.6 Å². The van der Waals surface area contributed by atoms with Gasteiger partial charge in [-0.2, -0.15) is 5.10 Å². The normalized spacial score (nSPS) is 28.3. The Labute approximate surface area is 257 Å². The molecule has 0 bridgehead atoms. The Kier molecular flexibility index (Phi) is 7.66. The number of morpholine rings is 1. The second-order valence-electron chi connectivity index (χ2n) is 13.2. The van der Waals surface area contributed by atoms with Gasteiger partial charge >= 0.3 is 6.03 Å². The third-order valence-electron chi connectivity index (χ3n) is 10.7. The highest BCUT2D eigenvalue weighted by molar-refractivity contribution is 5.75. The number of carbonyl (C=O) groups excluding carboxylic acids is 1. The number of amides is 2. The maximum Gasteiger partial charge on any atom is 0.320 e. The van der Waals surface area contributed by atoms with E-state index in [0.717, 1.165) is 31.2 Å².